The number of carbonyl (C=O) groups excluding carboxylic acids is 1. The van der Waals surface area contributed by atoms with Gasteiger partial charge in [-0.15, -0.1) is 0 Å². The van der Waals surface area contributed by atoms with Gasteiger partial charge in [0.15, 0.2) is 11.5 Å². The van der Waals surface area contributed by atoms with Gasteiger partial charge < -0.3 is 4.57 Å². The first-order valence-corrected chi connectivity index (χ1v) is 8.73. The van der Waals surface area contributed by atoms with Gasteiger partial charge in [0.25, 0.3) is 0 Å². The first-order chi connectivity index (χ1) is 13.0. The fourth-order valence-corrected chi connectivity index (χ4v) is 3.30. The predicted octanol–water partition coefficient (Wildman–Crippen LogP) is 6.07. The molecule has 3 aromatic rings. The molecule has 0 unspecified atom stereocenters. The van der Waals surface area contributed by atoms with E-state index in [0.717, 1.165) is 28.6 Å². The van der Waals surface area contributed by atoms with Crippen LogP contribution < -0.4 is 0 Å². The highest BCUT2D eigenvalue weighted by Crippen LogP contribution is 2.37. The molecular formula is C22H19F3N2O. The summed E-state index contributed by atoms with van der Waals surface area (Å²) in [5.41, 5.74) is -0.169. The third-order valence-electron chi connectivity index (χ3n) is 4.98. The molecule has 0 aliphatic heterocycles. The number of aromatic nitrogens is 1. The number of rotatable bonds is 4. The number of hydrogen-bond donors (Lipinski definition) is 0. The summed E-state index contributed by atoms with van der Waals surface area (Å²) in [4.78, 5) is 15.9. The lowest BCUT2D eigenvalue weighted by atomic mass is 9.92. The maximum Gasteiger partial charge on any atom is 0.407 e. The second-order valence-electron chi connectivity index (χ2n) is 7.37. The standard InChI is InChI=1S/C22H19F3N2O/c1-14-5-8-19-16(11-14)9-10-27(19)21(2,3)20(28)13-15-6-7-18(26-4)17(12-15)22(23,24)25/h5-12H,13H2,1-3H3. The summed E-state index contributed by atoms with van der Waals surface area (Å²) in [6, 6.07) is 11.3. The van der Waals surface area contributed by atoms with E-state index in [1.807, 2.05) is 42.0 Å². The molecule has 1 aromatic heterocycles. The molecule has 0 radical (unpaired) electrons. The summed E-state index contributed by atoms with van der Waals surface area (Å²) in [6.45, 7) is 12.4. The molecule has 0 spiro atoms. The smallest absolute Gasteiger partial charge is 0.335 e. The van der Waals surface area contributed by atoms with E-state index in [0.29, 0.717) is 0 Å². The van der Waals surface area contributed by atoms with Crippen molar-refractivity contribution in [1.29, 1.82) is 0 Å². The highest BCUT2D eigenvalue weighted by atomic mass is 19.4. The van der Waals surface area contributed by atoms with Crippen molar-refractivity contribution in [3.8, 4) is 0 Å². The number of alkyl halides is 3. The number of carbonyl (C=O) groups is 1. The molecule has 28 heavy (non-hydrogen) atoms. The Hall–Kier alpha value is -3.07. The Kier molecular flexibility index (Phi) is 4.80. The van der Waals surface area contributed by atoms with Crippen LogP contribution in [0.2, 0.25) is 0 Å². The van der Waals surface area contributed by atoms with Gasteiger partial charge >= 0.3 is 6.18 Å². The van der Waals surface area contributed by atoms with E-state index in [1.54, 1.807) is 13.8 Å². The van der Waals surface area contributed by atoms with Crippen molar-refractivity contribution in [1.82, 2.24) is 4.57 Å². The summed E-state index contributed by atoms with van der Waals surface area (Å²) in [6.07, 6.45) is -2.96. The minimum Gasteiger partial charge on any atom is -0.335 e. The number of Topliss-reactive ketones (excluding diaryl/α,β-unsaturated/α-hetero) is 1. The zero-order valence-corrected chi connectivity index (χ0v) is 15.8. The van der Waals surface area contributed by atoms with E-state index in [1.165, 1.54) is 6.07 Å². The number of ketones is 1. The van der Waals surface area contributed by atoms with Gasteiger partial charge in [-0.1, -0.05) is 29.8 Å². The van der Waals surface area contributed by atoms with Gasteiger partial charge in [0, 0.05) is 18.1 Å². The average Bonchev–Trinajstić information content (AvgIpc) is 3.04. The topological polar surface area (TPSA) is 26.4 Å². The van der Waals surface area contributed by atoms with Crippen molar-refractivity contribution >= 4 is 22.4 Å². The molecule has 0 amide bonds. The normalized spacial score (nSPS) is 12.2. The van der Waals surface area contributed by atoms with Crippen LogP contribution >= 0.6 is 0 Å². The molecule has 2 aromatic carbocycles. The molecule has 0 fully saturated rings. The molecule has 6 heteroatoms. The van der Waals surface area contributed by atoms with Gasteiger partial charge in [-0.3, -0.25) is 4.79 Å². The van der Waals surface area contributed by atoms with Crippen LogP contribution in [0.25, 0.3) is 15.7 Å². The van der Waals surface area contributed by atoms with Crippen molar-refractivity contribution in [3.05, 3.63) is 76.8 Å². The number of halogens is 3. The Bertz CT molecular complexity index is 1100. The number of aryl methyl sites for hydroxylation is 1. The third kappa shape index (κ3) is 3.53. The van der Waals surface area contributed by atoms with Crippen LogP contribution in [0.15, 0.2) is 48.7 Å². The fourth-order valence-electron chi connectivity index (χ4n) is 3.30. The van der Waals surface area contributed by atoms with E-state index in [2.05, 4.69) is 4.85 Å². The van der Waals surface area contributed by atoms with Crippen LogP contribution in [-0.4, -0.2) is 10.4 Å². The maximum absolute atomic E-state index is 13.2. The van der Waals surface area contributed by atoms with Crippen LogP contribution in [0, 0.1) is 13.5 Å². The second-order valence-corrected chi connectivity index (χ2v) is 7.37. The van der Waals surface area contributed by atoms with Crippen LogP contribution in [0.5, 0.6) is 0 Å². The van der Waals surface area contributed by atoms with E-state index in [9.17, 15) is 18.0 Å². The van der Waals surface area contributed by atoms with Gasteiger partial charge in [-0.05, 0) is 49.9 Å². The first-order valence-electron chi connectivity index (χ1n) is 8.73. The molecule has 0 aliphatic carbocycles. The molecule has 0 bridgehead atoms. The average molecular weight is 384 g/mol. The van der Waals surface area contributed by atoms with Crippen molar-refractivity contribution < 1.29 is 18.0 Å². The molecule has 0 aliphatic rings. The summed E-state index contributed by atoms with van der Waals surface area (Å²) in [5.74, 6) is -0.214. The van der Waals surface area contributed by atoms with E-state index in [4.69, 9.17) is 6.57 Å². The minimum absolute atomic E-state index is 0.153. The Balaban J connectivity index is 1.94. The second kappa shape index (κ2) is 6.83. The van der Waals surface area contributed by atoms with Crippen LogP contribution in [0.4, 0.5) is 18.9 Å². The molecule has 0 N–H and O–H groups in total. The largest absolute Gasteiger partial charge is 0.407 e. The SMILES string of the molecule is [C-]#[N+]c1ccc(CC(=O)C(C)(C)n2ccc3cc(C)ccc32)cc1C(F)(F)F. The Morgan fingerprint density at radius 2 is 1.82 bits per heavy atom. The lowest BCUT2D eigenvalue weighted by molar-refractivity contribution is -0.137. The first kappa shape index (κ1) is 19.7. The van der Waals surface area contributed by atoms with Gasteiger partial charge in [0.05, 0.1) is 17.7 Å². The van der Waals surface area contributed by atoms with Crippen LogP contribution in [0.3, 0.4) is 0 Å². The van der Waals surface area contributed by atoms with E-state index >= 15 is 0 Å². The summed E-state index contributed by atoms with van der Waals surface area (Å²) in [5, 5.41) is 1.00. The molecular weight excluding hydrogens is 365 g/mol. The molecule has 1 heterocycles. The number of benzene rings is 2. The number of nitrogens with zero attached hydrogens (tertiary/aromatic N) is 2. The van der Waals surface area contributed by atoms with Gasteiger partial charge in [-0.2, -0.15) is 13.2 Å². The van der Waals surface area contributed by atoms with Gasteiger partial charge in [0.1, 0.15) is 0 Å². The maximum atomic E-state index is 13.2. The Labute approximate surface area is 161 Å². The fraction of sp³-hybridized carbons (Fsp3) is 0.273. The Morgan fingerprint density at radius 1 is 1.11 bits per heavy atom. The van der Waals surface area contributed by atoms with Gasteiger partial charge in [0.2, 0.25) is 0 Å². The summed E-state index contributed by atoms with van der Waals surface area (Å²) >= 11 is 0. The van der Waals surface area contributed by atoms with Crippen molar-refractivity contribution in [2.24, 2.45) is 0 Å². The molecule has 3 rings (SSSR count). The number of hydrogen-bond acceptors (Lipinski definition) is 1. The number of fused-ring (bicyclic) bond motifs is 1. The van der Waals surface area contributed by atoms with Crippen molar-refractivity contribution in [2.45, 2.75) is 38.9 Å². The zero-order chi connectivity index (χ0) is 20.7. The quantitative estimate of drug-likeness (QED) is 0.502. The van der Waals surface area contributed by atoms with Crippen molar-refractivity contribution in [3.63, 3.8) is 0 Å². The molecule has 144 valence electrons. The summed E-state index contributed by atoms with van der Waals surface area (Å²) in [7, 11) is 0. The molecule has 0 saturated carbocycles. The lowest BCUT2D eigenvalue weighted by Crippen LogP contribution is -2.36. The Morgan fingerprint density at radius 3 is 2.46 bits per heavy atom. The molecule has 3 nitrogen and oxygen atoms in total. The van der Waals surface area contributed by atoms with E-state index in [-0.39, 0.29) is 17.8 Å². The molecule has 0 atom stereocenters. The monoisotopic (exact) mass is 384 g/mol. The summed E-state index contributed by atoms with van der Waals surface area (Å²) < 4.78 is 41.4. The van der Waals surface area contributed by atoms with Crippen LogP contribution in [0.1, 0.15) is 30.5 Å². The van der Waals surface area contributed by atoms with Crippen LogP contribution in [-0.2, 0) is 22.9 Å². The van der Waals surface area contributed by atoms with Gasteiger partial charge in [-0.25, -0.2) is 4.85 Å². The van der Waals surface area contributed by atoms with Crippen molar-refractivity contribution in [2.75, 3.05) is 0 Å². The zero-order valence-electron chi connectivity index (χ0n) is 15.8. The predicted molar refractivity (Wildman–Crippen MR) is 102 cm³/mol. The highest BCUT2D eigenvalue weighted by molar-refractivity contribution is 5.91. The lowest BCUT2D eigenvalue weighted by Gasteiger charge is -2.27. The highest BCUT2D eigenvalue weighted by Gasteiger charge is 2.35. The molecule has 0 saturated heterocycles. The van der Waals surface area contributed by atoms with E-state index < -0.39 is 23.0 Å². The third-order valence-corrected chi connectivity index (χ3v) is 4.98. The minimum atomic E-state index is -4.64.